The van der Waals surface area contributed by atoms with Gasteiger partial charge in [0.05, 0.1) is 6.54 Å². The van der Waals surface area contributed by atoms with Crippen LogP contribution in [0.4, 0.5) is 0 Å². The van der Waals surface area contributed by atoms with Crippen molar-refractivity contribution >= 4 is 0 Å². The zero-order valence-electron chi connectivity index (χ0n) is 6.86. The number of aromatic nitrogens is 2. The third kappa shape index (κ3) is 3.45. The van der Waals surface area contributed by atoms with Gasteiger partial charge in [-0.25, -0.2) is 0 Å². The second kappa shape index (κ2) is 5.68. The summed E-state index contributed by atoms with van der Waals surface area (Å²) in [6.45, 7) is 1.75. The fraction of sp³-hybridized carbons (Fsp3) is 0.714. The smallest absolute Gasteiger partial charge is 0.213 e. The van der Waals surface area contributed by atoms with Crippen LogP contribution in [0.2, 0.25) is 0 Å². The average Bonchev–Trinajstić information content (AvgIpc) is 2.57. The third-order valence-corrected chi connectivity index (χ3v) is 1.45. The Hall–Kier alpha value is -0.940. The second-order valence-corrected chi connectivity index (χ2v) is 2.45. The van der Waals surface area contributed by atoms with E-state index in [4.69, 9.17) is 5.11 Å². The molecule has 0 bridgehead atoms. The molecule has 0 aromatic carbocycles. The summed E-state index contributed by atoms with van der Waals surface area (Å²) in [5.74, 6) is 0.666. The van der Waals surface area contributed by atoms with Crippen LogP contribution < -0.4 is 5.32 Å². The van der Waals surface area contributed by atoms with Crippen LogP contribution in [0.25, 0.3) is 0 Å². The fourth-order valence-corrected chi connectivity index (χ4v) is 0.832. The molecule has 0 unspecified atom stereocenters. The SMILES string of the molecule is OCCCCNCc1ncon1. The predicted octanol–water partition coefficient (Wildman–Crippen LogP) is -0.0683. The number of hydrogen-bond donors (Lipinski definition) is 2. The molecular weight excluding hydrogens is 158 g/mol. The molecule has 0 spiro atoms. The molecule has 1 rings (SSSR count). The van der Waals surface area contributed by atoms with E-state index < -0.39 is 0 Å². The minimum atomic E-state index is 0.254. The van der Waals surface area contributed by atoms with Crippen LogP contribution in [0.15, 0.2) is 10.9 Å². The lowest BCUT2D eigenvalue weighted by Gasteiger charge is -1.98. The number of nitrogens with one attached hydrogen (secondary N) is 1. The number of rotatable bonds is 6. The van der Waals surface area contributed by atoms with Gasteiger partial charge in [0.15, 0.2) is 5.82 Å². The van der Waals surface area contributed by atoms with E-state index >= 15 is 0 Å². The van der Waals surface area contributed by atoms with Gasteiger partial charge in [0.1, 0.15) is 0 Å². The minimum absolute atomic E-state index is 0.254. The van der Waals surface area contributed by atoms with Crippen LogP contribution in [-0.2, 0) is 6.54 Å². The number of hydrogen-bond acceptors (Lipinski definition) is 5. The highest BCUT2D eigenvalue weighted by Gasteiger charge is 1.95. The summed E-state index contributed by atoms with van der Waals surface area (Å²) in [6.07, 6.45) is 3.11. The Morgan fingerprint density at radius 1 is 1.50 bits per heavy atom. The summed E-state index contributed by atoms with van der Waals surface area (Å²) < 4.78 is 4.55. The first kappa shape index (κ1) is 9.15. The van der Waals surface area contributed by atoms with Gasteiger partial charge in [-0.3, -0.25) is 0 Å². The van der Waals surface area contributed by atoms with Crippen molar-refractivity contribution in [3.63, 3.8) is 0 Å². The van der Waals surface area contributed by atoms with Gasteiger partial charge < -0.3 is 14.9 Å². The van der Waals surface area contributed by atoms with E-state index in [0.29, 0.717) is 12.4 Å². The lowest BCUT2D eigenvalue weighted by molar-refractivity contribution is 0.283. The molecule has 1 aromatic rings. The topological polar surface area (TPSA) is 71.2 Å². The lowest BCUT2D eigenvalue weighted by atomic mass is 10.3. The van der Waals surface area contributed by atoms with Crippen LogP contribution in [0.1, 0.15) is 18.7 Å². The minimum Gasteiger partial charge on any atom is -0.396 e. The summed E-state index contributed by atoms with van der Waals surface area (Å²) in [5.41, 5.74) is 0. The van der Waals surface area contributed by atoms with Crippen molar-refractivity contribution in [1.82, 2.24) is 15.5 Å². The maximum Gasteiger partial charge on any atom is 0.213 e. The van der Waals surface area contributed by atoms with Crippen LogP contribution in [0.5, 0.6) is 0 Å². The third-order valence-electron chi connectivity index (χ3n) is 1.45. The Kier molecular flexibility index (Phi) is 4.33. The maximum absolute atomic E-state index is 8.48. The molecule has 0 aliphatic rings. The van der Waals surface area contributed by atoms with Crippen LogP contribution in [0.3, 0.4) is 0 Å². The van der Waals surface area contributed by atoms with Gasteiger partial charge >= 0.3 is 0 Å². The molecule has 0 aliphatic carbocycles. The molecule has 0 radical (unpaired) electrons. The normalized spacial score (nSPS) is 10.4. The van der Waals surface area contributed by atoms with Gasteiger partial charge in [-0.15, -0.1) is 0 Å². The molecule has 0 aliphatic heterocycles. The van der Waals surface area contributed by atoms with Gasteiger partial charge in [-0.1, -0.05) is 5.16 Å². The summed E-state index contributed by atoms with van der Waals surface area (Å²) in [7, 11) is 0. The molecule has 1 aromatic heterocycles. The van der Waals surface area contributed by atoms with E-state index in [1.807, 2.05) is 0 Å². The highest BCUT2D eigenvalue weighted by Crippen LogP contribution is 1.88. The summed E-state index contributed by atoms with van der Waals surface area (Å²) in [6, 6.07) is 0. The lowest BCUT2D eigenvalue weighted by Crippen LogP contribution is -2.15. The number of nitrogens with zero attached hydrogens (tertiary/aromatic N) is 2. The summed E-state index contributed by atoms with van der Waals surface area (Å²) in [5, 5.41) is 15.2. The molecule has 1 heterocycles. The highest BCUT2D eigenvalue weighted by atomic mass is 16.5. The molecule has 0 amide bonds. The predicted molar refractivity (Wildman–Crippen MR) is 42.3 cm³/mol. The van der Waals surface area contributed by atoms with E-state index in [-0.39, 0.29) is 6.61 Å². The molecule has 12 heavy (non-hydrogen) atoms. The van der Waals surface area contributed by atoms with E-state index in [0.717, 1.165) is 19.4 Å². The van der Waals surface area contributed by atoms with Crippen LogP contribution in [0, 0.1) is 0 Å². The summed E-state index contributed by atoms with van der Waals surface area (Å²) in [4.78, 5) is 3.84. The molecule has 0 fully saturated rings. The zero-order chi connectivity index (χ0) is 8.65. The first-order valence-electron chi connectivity index (χ1n) is 4.00. The first-order valence-corrected chi connectivity index (χ1v) is 4.00. The first-order chi connectivity index (χ1) is 5.93. The van der Waals surface area contributed by atoms with Crippen molar-refractivity contribution in [2.45, 2.75) is 19.4 Å². The van der Waals surface area contributed by atoms with E-state index in [1.165, 1.54) is 6.39 Å². The molecular formula is C7H13N3O2. The van der Waals surface area contributed by atoms with Crippen LogP contribution in [-0.4, -0.2) is 28.4 Å². The van der Waals surface area contributed by atoms with Gasteiger partial charge in [-0.2, -0.15) is 4.98 Å². The quantitative estimate of drug-likeness (QED) is 0.586. The van der Waals surface area contributed by atoms with Gasteiger partial charge in [0, 0.05) is 6.61 Å². The van der Waals surface area contributed by atoms with Crippen molar-refractivity contribution in [1.29, 1.82) is 0 Å². The largest absolute Gasteiger partial charge is 0.396 e. The van der Waals surface area contributed by atoms with E-state index in [1.54, 1.807) is 0 Å². The van der Waals surface area contributed by atoms with Gasteiger partial charge in [0.2, 0.25) is 6.39 Å². The van der Waals surface area contributed by atoms with Crippen molar-refractivity contribution in [3.8, 4) is 0 Å². The average molecular weight is 171 g/mol. The molecule has 0 atom stereocenters. The molecule has 0 saturated carbocycles. The standard InChI is InChI=1S/C7H13N3O2/c11-4-2-1-3-8-5-7-9-6-12-10-7/h6,8,11H,1-5H2. The second-order valence-electron chi connectivity index (χ2n) is 2.45. The number of unbranched alkanes of at least 4 members (excludes halogenated alkanes) is 1. The Morgan fingerprint density at radius 3 is 3.08 bits per heavy atom. The molecule has 5 heteroatoms. The molecule has 2 N–H and O–H groups in total. The van der Waals surface area contributed by atoms with E-state index in [2.05, 4.69) is 20.0 Å². The Balaban J connectivity index is 1.96. The van der Waals surface area contributed by atoms with Crippen molar-refractivity contribution < 1.29 is 9.63 Å². The van der Waals surface area contributed by atoms with Crippen molar-refractivity contribution in [2.75, 3.05) is 13.2 Å². The van der Waals surface area contributed by atoms with Crippen LogP contribution >= 0.6 is 0 Å². The number of aliphatic hydroxyl groups excluding tert-OH is 1. The molecule has 68 valence electrons. The monoisotopic (exact) mass is 171 g/mol. The van der Waals surface area contributed by atoms with E-state index in [9.17, 15) is 0 Å². The molecule has 5 nitrogen and oxygen atoms in total. The molecule has 0 saturated heterocycles. The van der Waals surface area contributed by atoms with Crippen molar-refractivity contribution in [2.24, 2.45) is 0 Å². The number of aliphatic hydroxyl groups is 1. The fourth-order valence-electron chi connectivity index (χ4n) is 0.832. The Bertz CT molecular complexity index is 189. The maximum atomic E-state index is 8.48. The Morgan fingerprint density at radius 2 is 2.42 bits per heavy atom. The Labute approximate surface area is 70.8 Å². The van der Waals surface area contributed by atoms with Crippen molar-refractivity contribution in [3.05, 3.63) is 12.2 Å². The zero-order valence-corrected chi connectivity index (χ0v) is 6.86. The summed E-state index contributed by atoms with van der Waals surface area (Å²) >= 11 is 0. The van der Waals surface area contributed by atoms with Gasteiger partial charge in [-0.05, 0) is 19.4 Å². The van der Waals surface area contributed by atoms with Gasteiger partial charge in [0.25, 0.3) is 0 Å². The highest BCUT2D eigenvalue weighted by molar-refractivity contribution is 4.75.